The minimum Gasteiger partial charge on any atom is -0.423 e. The Hall–Kier alpha value is -3.71. The second kappa shape index (κ2) is 10.3. The van der Waals surface area contributed by atoms with Crippen LogP contribution in [0.2, 0.25) is 0 Å². The molecule has 0 N–H and O–H groups in total. The number of halogens is 3. The fourth-order valence-corrected chi connectivity index (χ4v) is 5.47. The van der Waals surface area contributed by atoms with Gasteiger partial charge in [-0.05, 0) is 104 Å². The average Bonchev–Trinajstić information content (AvgIpc) is 2.82. The van der Waals surface area contributed by atoms with E-state index in [0.29, 0.717) is 5.56 Å². The van der Waals surface area contributed by atoms with E-state index in [9.17, 15) is 18.0 Å². The van der Waals surface area contributed by atoms with Crippen LogP contribution in [0.25, 0.3) is 0 Å². The number of hydrogen-bond acceptors (Lipinski definition) is 3. The molecule has 4 aromatic carbocycles. The molecule has 7 heteroatoms. The maximum Gasteiger partial charge on any atom is 0.514 e. The molecule has 0 aliphatic carbocycles. The van der Waals surface area contributed by atoms with Crippen molar-refractivity contribution >= 4 is 17.1 Å². The maximum atomic E-state index is 13.5. The van der Waals surface area contributed by atoms with Crippen LogP contribution in [0.4, 0.5) is 18.0 Å². The van der Waals surface area contributed by atoms with E-state index < -0.39 is 22.7 Å². The third-order valence-electron chi connectivity index (χ3n) is 5.24. The SMILES string of the molecule is CC(C)(OC(=O)Oc1ccc([S+](c2ccc(F)cc2)c2ccc(F)cc2)cc1)c1ccc(F)cc1. The van der Waals surface area contributed by atoms with Crippen LogP contribution < -0.4 is 4.74 Å². The molecule has 35 heavy (non-hydrogen) atoms. The second-order valence-corrected chi connectivity index (χ2v) is 10.2. The van der Waals surface area contributed by atoms with Crippen molar-refractivity contribution in [3.63, 3.8) is 0 Å². The van der Waals surface area contributed by atoms with Gasteiger partial charge < -0.3 is 9.47 Å². The summed E-state index contributed by atoms with van der Waals surface area (Å²) in [6.45, 7) is 3.36. The Morgan fingerprint density at radius 3 is 1.43 bits per heavy atom. The zero-order valence-electron chi connectivity index (χ0n) is 19.0. The van der Waals surface area contributed by atoms with E-state index in [1.165, 1.54) is 36.4 Å². The van der Waals surface area contributed by atoms with Crippen molar-refractivity contribution in [1.82, 2.24) is 0 Å². The van der Waals surface area contributed by atoms with Crippen LogP contribution in [0.3, 0.4) is 0 Å². The second-order valence-electron chi connectivity index (χ2n) is 8.16. The monoisotopic (exact) mass is 495 g/mol. The van der Waals surface area contributed by atoms with Gasteiger partial charge in [0.1, 0.15) is 28.8 Å². The van der Waals surface area contributed by atoms with Crippen LogP contribution in [0.1, 0.15) is 19.4 Å². The molecule has 0 bridgehead atoms. The summed E-state index contributed by atoms with van der Waals surface area (Å²) in [5.74, 6) is -0.799. The van der Waals surface area contributed by atoms with E-state index in [2.05, 4.69) is 0 Å². The molecule has 0 aromatic heterocycles. The number of rotatable bonds is 6. The Morgan fingerprint density at radius 1 is 0.629 bits per heavy atom. The summed E-state index contributed by atoms with van der Waals surface area (Å²) in [5.41, 5.74) is -0.406. The summed E-state index contributed by atoms with van der Waals surface area (Å²) in [6, 6.07) is 24.9. The van der Waals surface area contributed by atoms with Gasteiger partial charge in [0, 0.05) is 0 Å². The highest BCUT2D eigenvalue weighted by atomic mass is 32.2. The quantitative estimate of drug-likeness (QED) is 0.157. The van der Waals surface area contributed by atoms with Crippen molar-refractivity contribution in [1.29, 1.82) is 0 Å². The minimum atomic E-state index is -1.03. The summed E-state index contributed by atoms with van der Waals surface area (Å²) >= 11 is 0. The highest BCUT2D eigenvalue weighted by Gasteiger charge is 2.30. The Balaban J connectivity index is 1.52. The number of carbonyl (C=O) groups excluding carboxylic acids is 1. The van der Waals surface area contributed by atoms with Crippen LogP contribution in [0.5, 0.6) is 5.75 Å². The van der Waals surface area contributed by atoms with E-state index in [0.717, 1.165) is 14.7 Å². The van der Waals surface area contributed by atoms with Crippen molar-refractivity contribution in [3.8, 4) is 5.75 Å². The number of ether oxygens (including phenoxy) is 2. The van der Waals surface area contributed by atoms with Crippen LogP contribution >= 0.6 is 0 Å². The van der Waals surface area contributed by atoms with Gasteiger partial charge in [-0.15, -0.1) is 0 Å². The molecule has 0 fully saturated rings. The Labute approximate surface area is 204 Å². The van der Waals surface area contributed by atoms with Crippen molar-refractivity contribution in [2.45, 2.75) is 34.1 Å². The molecule has 0 spiro atoms. The van der Waals surface area contributed by atoms with E-state index in [1.54, 1.807) is 74.5 Å². The molecule has 0 saturated heterocycles. The molecule has 178 valence electrons. The van der Waals surface area contributed by atoms with Crippen LogP contribution in [0, 0.1) is 17.5 Å². The zero-order valence-corrected chi connectivity index (χ0v) is 19.8. The van der Waals surface area contributed by atoms with Gasteiger partial charge in [0.25, 0.3) is 0 Å². The number of hydrogen-bond donors (Lipinski definition) is 0. The Bertz CT molecular complexity index is 1240. The van der Waals surface area contributed by atoms with Crippen molar-refractivity contribution in [3.05, 3.63) is 120 Å². The molecule has 4 aromatic rings. The minimum absolute atomic E-state index is 0.274. The summed E-state index contributed by atoms with van der Waals surface area (Å²) in [5, 5.41) is 0. The lowest BCUT2D eigenvalue weighted by molar-refractivity contribution is 0.00633. The average molecular weight is 496 g/mol. The lowest BCUT2D eigenvalue weighted by atomic mass is 9.98. The molecule has 4 rings (SSSR count). The fourth-order valence-electron chi connectivity index (χ4n) is 3.43. The molecule has 0 aliphatic heterocycles. The zero-order chi connectivity index (χ0) is 25.0. The molecular weight excluding hydrogens is 473 g/mol. The predicted molar refractivity (Wildman–Crippen MR) is 128 cm³/mol. The molecule has 0 unspecified atom stereocenters. The van der Waals surface area contributed by atoms with Crippen LogP contribution in [0.15, 0.2) is 112 Å². The largest absolute Gasteiger partial charge is 0.514 e. The molecule has 0 heterocycles. The highest BCUT2D eigenvalue weighted by molar-refractivity contribution is 7.97. The molecule has 0 amide bonds. The maximum absolute atomic E-state index is 13.5. The molecule has 0 radical (unpaired) electrons. The predicted octanol–water partition coefficient (Wildman–Crippen LogP) is 7.65. The van der Waals surface area contributed by atoms with Gasteiger partial charge in [-0.3, -0.25) is 0 Å². The molecule has 0 atom stereocenters. The van der Waals surface area contributed by atoms with Gasteiger partial charge in [-0.2, -0.15) is 0 Å². The van der Waals surface area contributed by atoms with E-state index in [4.69, 9.17) is 9.47 Å². The highest BCUT2D eigenvalue weighted by Crippen LogP contribution is 2.33. The Morgan fingerprint density at radius 2 is 1.00 bits per heavy atom. The summed E-state index contributed by atoms with van der Waals surface area (Å²) < 4.78 is 51.0. The summed E-state index contributed by atoms with van der Waals surface area (Å²) in [4.78, 5) is 15.0. The van der Waals surface area contributed by atoms with Crippen LogP contribution in [-0.4, -0.2) is 6.16 Å². The number of benzene rings is 4. The van der Waals surface area contributed by atoms with Crippen molar-refractivity contribution in [2.75, 3.05) is 0 Å². The van der Waals surface area contributed by atoms with Gasteiger partial charge in [-0.1, -0.05) is 12.1 Å². The lowest BCUT2D eigenvalue weighted by Gasteiger charge is -2.25. The van der Waals surface area contributed by atoms with Gasteiger partial charge in [0.15, 0.2) is 14.7 Å². The first kappa shape index (κ1) is 24.4. The summed E-state index contributed by atoms with van der Waals surface area (Å²) in [7, 11) is -0.631. The first-order chi connectivity index (χ1) is 16.7. The molecule has 0 aliphatic rings. The molecule has 3 nitrogen and oxygen atoms in total. The van der Waals surface area contributed by atoms with Gasteiger partial charge >= 0.3 is 6.16 Å². The topological polar surface area (TPSA) is 35.5 Å². The van der Waals surface area contributed by atoms with Gasteiger partial charge in [-0.25, -0.2) is 18.0 Å². The molecule has 0 saturated carbocycles. The standard InChI is InChI=1S/C28H22F3O3S/c1-28(2,19-3-5-20(29)6-4-19)34-27(32)33-23-11-17-26(18-12-23)35(24-13-7-21(30)8-14-24)25-15-9-22(31)10-16-25/h3-18H,1-2H3/q+1. The lowest BCUT2D eigenvalue weighted by Crippen LogP contribution is -2.27. The summed E-state index contributed by atoms with van der Waals surface area (Å²) in [6.07, 6.45) is -0.900. The van der Waals surface area contributed by atoms with E-state index in [-0.39, 0.29) is 23.2 Å². The fraction of sp³-hybridized carbons (Fsp3) is 0.107. The van der Waals surface area contributed by atoms with Crippen molar-refractivity contribution < 1.29 is 27.4 Å². The Kier molecular flexibility index (Phi) is 7.17. The van der Waals surface area contributed by atoms with Gasteiger partial charge in [0.2, 0.25) is 0 Å². The van der Waals surface area contributed by atoms with Crippen LogP contribution in [-0.2, 0) is 21.2 Å². The smallest absolute Gasteiger partial charge is 0.423 e. The first-order valence-electron chi connectivity index (χ1n) is 10.7. The number of carbonyl (C=O) groups is 1. The normalized spacial score (nSPS) is 11.4. The first-order valence-corrected chi connectivity index (χ1v) is 12.0. The van der Waals surface area contributed by atoms with E-state index >= 15 is 0 Å². The van der Waals surface area contributed by atoms with Crippen molar-refractivity contribution in [2.24, 2.45) is 0 Å². The third-order valence-corrected chi connectivity index (χ3v) is 7.47. The van der Waals surface area contributed by atoms with Gasteiger partial charge in [0.05, 0.1) is 10.9 Å². The van der Waals surface area contributed by atoms with E-state index in [1.807, 2.05) is 0 Å². The molecular formula is C28H22F3O3S+. The third kappa shape index (κ3) is 6.05.